The van der Waals surface area contributed by atoms with E-state index in [0.717, 1.165) is 30.1 Å². The third-order valence-electron chi connectivity index (χ3n) is 3.49. The molecule has 18 heavy (non-hydrogen) atoms. The van der Waals surface area contributed by atoms with Gasteiger partial charge in [-0.25, -0.2) is 9.97 Å². The molecule has 0 atom stereocenters. The van der Waals surface area contributed by atoms with E-state index in [1.54, 1.807) is 6.20 Å². The molecule has 1 fully saturated rings. The van der Waals surface area contributed by atoms with E-state index in [2.05, 4.69) is 24.4 Å². The molecule has 0 N–H and O–H groups in total. The van der Waals surface area contributed by atoms with E-state index in [4.69, 9.17) is 11.6 Å². The van der Waals surface area contributed by atoms with Crippen LogP contribution < -0.4 is 0 Å². The topological polar surface area (TPSA) is 46.8 Å². The molecule has 1 aliphatic heterocycles. The molecule has 0 amide bonds. The molecule has 0 bridgehead atoms. The number of hydrogen-bond donors (Lipinski definition) is 0. The van der Waals surface area contributed by atoms with Crippen molar-refractivity contribution in [3.8, 4) is 0 Å². The van der Waals surface area contributed by atoms with Crippen LogP contribution in [0.3, 0.4) is 0 Å². The predicted molar refractivity (Wildman–Crippen MR) is 70.7 cm³/mol. The van der Waals surface area contributed by atoms with Crippen LogP contribution >= 0.6 is 11.6 Å². The molecule has 1 saturated heterocycles. The van der Waals surface area contributed by atoms with Crippen LogP contribution in [0.15, 0.2) is 6.20 Å². The predicted octanol–water partition coefficient (Wildman–Crippen LogP) is 1.88. The molecular formula is C12H16ClN5. The average molecular weight is 266 g/mol. The largest absolute Gasteiger partial charge is 0.311 e. The van der Waals surface area contributed by atoms with Gasteiger partial charge < -0.3 is 9.47 Å². The first-order valence-corrected chi connectivity index (χ1v) is 6.69. The highest BCUT2D eigenvalue weighted by molar-refractivity contribution is 6.28. The summed E-state index contributed by atoms with van der Waals surface area (Å²) in [6, 6.07) is 0. The molecule has 0 spiro atoms. The van der Waals surface area contributed by atoms with E-state index >= 15 is 0 Å². The fourth-order valence-electron chi connectivity index (χ4n) is 2.53. The average Bonchev–Trinajstić information content (AvgIpc) is 2.94. The minimum absolute atomic E-state index is 0.282. The van der Waals surface area contributed by atoms with Gasteiger partial charge in [0.2, 0.25) is 5.28 Å². The van der Waals surface area contributed by atoms with E-state index in [-0.39, 0.29) is 5.28 Å². The number of aromatic nitrogens is 4. The summed E-state index contributed by atoms with van der Waals surface area (Å²) in [7, 11) is 0. The molecule has 6 heteroatoms. The monoisotopic (exact) mass is 265 g/mol. The summed E-state index contributed by atoms with van der Waals surface area (Å²) in [4.78, 5) is 15.2. The zero-order valence-electron chi connectivity index (χ0n) is 10.4. The van der Waals surface area contributed by atoms with Crippen LogP contribution in [0.5, 0.6) is 0 Å². The Morgan fingerprint density at radius 2 is 2.00 bits per heavy atom. The Bertz CT molecular complexity index is 559. The number of aryl methyl sites for hydroxylation is 1. The van der Waals surface area contributed by atoms with Crippen LogP contribution in [0.1, 0.15) is 18.7 Å². The van der Waals surface area contributed by atoms with E-state index < -0.39 is 0 Å². The number of fused-ring (bicyclic) bond motifs is 1. The van der Waals surface area contributed by atoms with E-state index in [0.29, 0.717) is 0 Å². The fraction of sp³-hybridized carbons (Fsp3) is 0.583. The van der Waals surface area contributed by atoms with Gasteiger partial charge in [0.25, 0.3) is 0 Å². The highest BCUT2D eigenvalue weighted by Gasteiger charge is 2.14. The van der Waals surface area contributed by atoms with Crippen molar-refractivity contribution in [2.24, 2.45) is 0 Å². The van der Waals surface area contributed by atoms with Crippen molar-refractivity contribution in [2.75, 3.05) is 19.6 Å². The minimum Gasteiger partial charge on any atom is -0.311 e. The lowest BCUT2D eigenvalue weighted by molar-refractivity contribution is 0.323. The molecule has 0 saturated carbocycles. The molecular weight excluding hydrogens is 250 g/mol. The molecule has 3 rings (SSSR count). The lowest BCUT2D eigenvalue weighted by Crippen LogP contribution is -2.24. The zero-order chi connectivity index (χ0) is 12.5. The Balaban J connectivity index is 1.85. The highest BCUT2D eigenvalue weighted by Crippen LogP contribution is 2.15. The van der Waals surface area contributed by atoms with Crippen LogP contribution in [0.25, 0.3) is 11.2 Å². The SMILES string of the molecule is Cc1nc2cnc(Cl)nc2n1CCN1CCCC1. The van der Waals surface area contributed by atoms with Gasteiger partial charge in [-0.15, -0.1) is 0 Å². The molecule has 2 aromatic heterocycles. The molecule has 0 radical (unpaired) electrons. The Hall–Kier alpha value is -1.20. The summed E-state index contributed by atoms with van der Waals surface area (Å²) < 4.78 is 2.13. The lowest BCUT2D eigenvalue weighted by atomic mass is 10.4. The third-order valence-corrected chi connectivity index (χ3v) is 3.67. The summed E-state index contributed by atoms with van der Waals surface area (Å²) in [6.45, 7) is 6.38. The smallest absolute Gasteiger partial charge is 0.224 e. The molecule has 0 unspecified atom stereocenters. The van der Waals surface area contributed by atoms with Crippen LogP contribution in [-0.4, -0.2) is 44.1 Å². The Kier molecular flexibility index (Phi) is 3.18. The maximum Gasteiger partial charge on any atom is 0.224 e. The van der Waals surface area contributed by atoms with Crippen molar-refractivity contribution in [1.82, 2.24) is 24.4 Å². The van der Waals surface area contributed by atoms with Gasteiger partial charge in [-0.1, -0.05) is 0 Å². The lowest BCUT2D eigenvalue weighted by Gasteiger charge is -2.15. The first-order valence-electron chi connectivity index (χ1n) is 6.32. The summed E-state index contributed by atoms with van der Waals surface area (Å²) in [6.07, 6.45) is 4.32. The van der Waals surface area contributed by atoms with Crippen LogP contribution in [0, 0.1) is 6.92 Å². The number of halogens is 1. The standard InChI is InChI=1S/C12H16ClN5/c1-9-15-10-8-14-12(13)16-11(10)18(9)7-6-17-4-2-3-5-17/h8H,2-7H2,1H3. The molecule has 3 heterocycles. The van der Waals surface area contributed by atoms with E-state index in [1.807, 2.05) is 6.92 Å². The zero-order valence-corrected chi connectivity index (χ0v) is 11.2. The second kappa shape index (κ2) is 4.82. The van der Waals surface area contributed by atoms with Crippen LogP contribution in [0.2, 0.25) is 5.28 Å². The van der Waals surface area contributed by atoms with Crippen molar-refractivity contribution in [2.45, 2.75) is 26.3 Å². The van der Waals surface area contributed by atoms with Gasteiger partial charge in [-0.3, -0.25) is 0 Å². The summed E-state index contributed by atoms with van der Waals surface area (Å²) in [5, 5.41) is 0.282. The first kappa shape index (κ1) is 11.9. The quantitative estimate of drug-likeness (QED) is 0.795. The molecule has 5 nitrogen and oxygen atoms in total. The number of likely N-dealkylation sites (tertiary alicyclic amines) is 1. The van der Waals surface area contributed by atoms with Crippen LogP contribution in [0.4, 0.5) is 0 Å². The van der Waals surface area contributed by atoms with Gasteiger partial charge in [-0.05, 0) is 44.5 Å². The Morgan fingerprint density at radius 3 is 2.78 bits per heavy atom. The van der Waals surface area contributed by atoms with Crippen molar-refractivity contribution in [1.29, 1.82) is 0 Å². The highest BCUT2D eigenvalue weighted by atomic mass is 35.5. The first-order chi connectivity index (χ1) is 8.74. The maximum atomic E-state index is 5.85. The molecule has 1 aliphatic rings. The second-order valence-corrected chi connectivity index (χ2v) is 5.05. The summed E-state index contributed by atoms with van der Waals surface area (Å²) in [5.74, 6) is 0.973. The normalized spacial score (nSPS) is 16.8. The van der Waals surface area contributed by atoms with Gasteiger partial charge in [-0.2, -0.15) is 4.98 Å². The summed E-state index contributed by atoms with van der Waals surface area (Å²) >= 11 is 5.85. The van der Waals surface area contributed by atoms with E-state index in [9.17, 15) is 0 Å². The Labute approximate surface area is 111 Å². The molecule has 0 aromatic carbocycles. The van der Waals surface area contributed by atoms with Gasteiger partial charge in [0, 0.05) is 13.1 Å². The third kappa shape index (κ3) is 2.20. The van der Waals surface area contributed by atoms with Gasteiger partial charge >= 0.3 is 0 Å². The van der Waals surface area contributed by atoms with Crippen molar-refractivity contribution < 1.29 is 0 Å². The summed E-state index contributed by atoms with van der Waals surface area (Å²) in [5.41, 5.74) is 1.66. The maximum absolute atomic E-state index is 5.85. The number of hydrogen-bond acceptors (Lipinski definition) is 4. The van der Waals surface area contributed by atoms with Crippen LogP contribution in [-0.2, 0) is 6.54 Å². The fourth-order valence-corrected chi connectivity index (χ4v) is 2.66. The Morgan fingerprint density at radius 1 is 1.22 bits per heavy atom. The minimum atomic E-state index is 0.282. The second-order valence-electron chi connectivity index (χ2n) is 4.71. The van der Waals surface area contributed by atoms with Crippen molar-refractivity contribution in [3.05, 3.63) is 17.3 Å². The van der Waals surface area contributed by atoms with Gasteiger partial charge in [0.15, 0.2) is 5.65 Å². The number of nitrogens with zero attached hydrogens (tertiary/aromatic N) is 5. The molecule has 96 valence electrons. The van der Waals surface area contributed by atoms with Gasteiger partial charge in [0.1, 0.15) is 11.3 Å². The van der Waals surface area contributed by atoms with Crippen molar-refractivity contribution >= 4 is 22.8 Å². The number of rotatable bonds is 3. The van der Waals surface area contributed by atoms with Crippen molar-refractivity contribution in [3.63, 3.8) is 0 Å². The number of imidazole rings is 1. The molecule has 2 aromatic rings. The molecule has 0 aliphatic carbocycles. The van der Waals surface area contributed by atoms with E-state index in [1.165, 1.54) is 25.9 Å². The van der Waals surface area contributed by atoms with Gasteiger partial charge in [0.05, 0.1) is 6.20 Å².